The van der Waals surface area contributed by atoms with Crippen molar-refractivity contribution in [3.63, 3.8) is 0 Å². The van der Waals surface area contributed by atoms with Gasteiger partial charge in [0.05, 0.1) is 11.3 Å². The Morgan fingerprint density at radius 2 is 1.85 bits per heavy atom. The van der Waals surface area contributed by atoms with E-state index >= 15 is 0 Å². The van der Waals surface area contributed by atoms with Crippen LogP contribution in [-0.4, -0.2) is 29.9 Å². The summed E-state index contributed by atoms with van der Waals surface area (Å²) in [6.45, 7) is 4.71. The van der Waals surface area contributed by atoms with Gasteiger partial charge in [-0.15, -0.1) is 12.4 Å². The van der Waals surface area contributed by atoms with Crippen molar-refractivity contribution < 1.29 is 9.59 Å². The van der Waals surface area contributed by atoms with Crippen molar-refractivity contribution >= 4 is 47.3 Å². The van der Waals surface area contributed by atoms with Crippen LogP contribution in [0.3, 0.4) is 0 Å². The number of likely N-dealkylation sites (N-methyl/N-ethyl adjacent to an activating group) is 1. The number of hydrogen-bond acceptors (Lipinski definition) is 3. The lowest BCUT2D eigenvalue weighted by molar-refractivity contribution is 0.0999. The molecule has 0 saturated carbocycles. The van der Waals surface area contributed by atoms with Crippen LogP contribution in [-0.2, 0) is 13.0 Å². The predicted octanol–water partition coefficient (Wildman–Crippen LogP) is 3.88. The van der Waals surface area contributed by atoms with Crippen LogP contribution in [0.2, 0.25) is 5.02 Å². The van der Waals surface area contributed by atoms with Gasteiger partial charge in [0.25, 0.3) is 5.91 Å². The van der Waals surface area contributed by atoms with E-state index < -0.39 is 11.9 Å². The second-order valence-electron chi connectivity index (χ2n) is 6.19. The van der Waals surface area contributed by atoms with Gasteiger partial charge in [0.2, 0.25) is 0 Å². The number of anilines is 2. The predicted molar refractivity (Wildman–Crippen MR) is 111 cm³/mol. The number of carbonyl (C=O) groups is 2. The molecule has 0 fully saturated rings. The lowest BCUT2D eigenvalue weighted by Crippen LogP contribution is -2.32. The quantitative estimate of drug-likeness (QED) is 0.716. The topological polar surface area (TPSA) is 87.5 Å². The lowest BCUT2D eigenvalue weighted by Gasteiger charge is -2.29. The molecule has 0 saturated heterocycles. The Hall–Kier alpha value is -2.28. The summed E-state index contributed by atoms with van der Waals surface area (Å²) >= 11 is 5.84. The van der Waals surface area contributed by atoms with Crippen LogP contribution >= 0.6 is 24.0 Å². The van der Waals surface area contributed by atoms with Gasteiger partial charge in [0.15, 0.2) is 0 Å². The maximum absolute atomic E-state index is 12.3. The number of nitrogens with zero attached hydrogens (tertiary/aromatic N) is 1. The normalized spacial score (nSPS) is 13.3. The Labute approximate surface area is 169 Å². The minimum Gasteiger partial charge on any atom is -0.366 e. The SMILES string of the molecule is CCN1CCc2c(ccc(NC(=O)Nc3ccc(Cl)cc3)c2C(N)=O)C1.Cl. The standard InChI is InChI=1S/C19H21ClN4O2.ClH/c1-2-24-10-9-15-12(11-24)3-8-16(17(15)18(21)25)23-19(26)22-14-6-4-13(20)5-7-14;/h3-8H,2,9-11H2,1H3,(H2,21,25)(H2,22,23,26);1H. The summed E-state index contributed by atoms with van der Waals surface area (Å²) in [5, 5.41) is 6.03. The zero-order valence-corrected chi connectivity index (χ0v) is 16.5. The third-order valence-corrected chi connectivity index (χ3v) is 4.78. The zero-order valence-electron chi connectivity index (χ0n) is 14.9. The minimum atomic E-state index is -0.534. The number of nitrogens with two attached hydrogens (primary N) is 1. The maximum atomic E-state index is 12.3. The average Bonchev–Trinajstić information content (AvgIpc) is 2.62. The highest BCUT2D eigenvalue weighted by Crippen LogP contribution is 2.28. The first-order chi connectivity index (χ1) is 12.5. The molecule has 0 atom stereocenters. The molecule has 0 radical (unpaired) electrons. The van der Waals surface area contributed by atoms with E-state index in [-0.39, 0.29) is 12.4 Å². The molecule has 27 heavy (non-hydrogen) atoms. The van der Waals surface area contributed by atoms with Crippen molar-refractivity contribution in [1.82, 2.24) is 4.90 Å². The Bertz CT molecular complexity index is 840. The summed E-state index contributed by atoms with van der Waals surface area (Å²) in [5.74, 6) is -0.534. The molecule has 0 spiro atoms. The van der Waals surface area contributed by atoms with Crippen molar-refractivity contribution in [3.8, 4) is 0 Å². The number of rotatable bonds is 4. The van der Waals surface area contributed by atoms with Gasteiger partial charge < -0.3 is 16.4 Å². The number of carbonyl (C=O) groups excluding carboxylic acids is 2. The van der Waals surface area contributed by atoms with Crippen molar-refractivity contribution in [2.45, 2.75) is 19.9 Å². The van der Waals surface area contributed by atoms with E-state index in [1.807, 2.05) is 6.07 Å². The average molecular weight is 409 g/mol. The monoisotopic (exact) mass is 408 g/mol. The molecule has 2 aromatic carbocycles. The summed E-state index contributed by atoms with van der Waals surface area (Å²) in [5.41, 5.74) is 9.03. The first-order valence-corrected chi connectivity index (χ1v) is 8.86. The second-order valence-corrected chi connectivity index (χ2v) is 6.63. The van der Waals surface area contributed by atoms with Gasteiger partial charge in [-0.05, 0) is 54.4 Å². The molecule has 8 heteroatoms. The van der Waals surface area contributed by atoms with E-state index in [9.17, 15) is 9.59 Å². The highest BCUT2D eigenvalue weighted by molar-refractivity contribution is 6.30. The van der Waals surface area contributed by atoms with Crippen LogP contribution in [0.15, 0.2) is 36.4 Å². The molecule has 4 N–H and O–H groups in total. The molecule has 0 aromatic heterocycles. The number of amides is 3. The van der Waals surface area contributed by atoms with Gasteiger partial charge in [0, 0.05) is 23.8 Å². The summed E-state index contributed by atoms with van der Waals surface area (Å²) in [6.07, 6.45) is 0.732. The summed E-state index contributed by atoms with van der Waals surface area (Å²) in [6, 6.07) is 10.0. The molecule has 1 aliphatic rings. The van der Waals surface area contributed by atoms with Crippen molar-refractivity contribution in [1.29, 1.82) is 0 Å². The van der Waals surface area contributed by atoms with Crippen LogP contribution in [0.1, 0.15) is 28.4 Å². The molecular formula is C19H22Cl2N4O2. The first kappa shape index (κ1) is 21.0. The second kappa shape index (κ2) is 9.08. The number of fused-ring (bicyclic) bond motifs is 1. The van der Waals surface area contributed by atoms with Crippen LogP contribution in [0.5, 0.6) is 0 Å². The molecule has 0 unspecified atom stereocenters. The van der Waals surface area contributed by atoms with Crippen molar-refractivity contribution in [2.24, 2.45) is 5.73 Å². The van der Waals surface area contributed by atoms with Crippen LogP contribution in [0.25, 0.3) is 0 Å². The largest absolute Gasteiger partial charge is 0.366 e. The molecule has 1 heterocycles. The summed E-state index contributed by atoms with van der Waals surface area (Å²) < 4.78 is 0. The highest BCUT2D eigenvalue weighted by Gasteiger charge is 2.23. The lowest BCUT2D eigenvalue weighted by atomic mass is 9.92. The molecule has 6 nitrogen and oxygen atoms in total. The molecule has 3 rings (SSSR count). The van der Waals surface area contributed by atoms with E-state index in [4.69, 9.17) is 17.3 Å². The Balaban J connectivity index is 0.00000261. The van der Waals surface area contributed by atoms with E-state index in [0.717, 1.165) is 37.2 Å². The number of halogens is 2. The first-order valence-electron chi connectivity index (χ1n) is 8.48. The highest BCUT2D eigenvalue weighted by atomic mass is 35.5. The fourth-order valence-electron chi connectivity index (χ4n) is 3.19. The van der Waals surface area contributed by atoms with E-state index in [1.54, 1.807) is 30.3 Å². The summed E-state index contributed by atoms with van der Waals surface area (Å²) in [4.78, 5) is 26.6. The Kier molecular flexibility index (Phi) is 7.07. The van der Waals surface area contributed by atoms with Gasteiger partial charge in [-0.3, -0.25) is 9.69 Å². The third-order valence-electron chi connectivity index (χ3n) is 4.53. The molecular weight excluding hydrogens is 387 g/mol. The smallest absolute Gasteiger partial charge is 0.323 e. The van der Waals surface area contributed by atoms with E-state index in [2.05, 4.69) is 22.5 Å². The fraction of sp³-hybridized carbons (Fsp3) is 0.263. The van der Waals surface area contributed by atoms with Crippen molar-refractivity contribution in [2.75, 3.05) is 23.7 Å². The van der Waals surface area contributed by atoms with Crippen molar-refractivity contribution in [3.05, 3.63) is 58.1 Å². The molecule has 0 bridgehead atoms. The van der Waals surface area contributed by atoms with E-state index in [0.29, 0.717) is 22.0 Å². The van der Waals surface area contributed by atoms with Crippen LogP contribution < -0.4 is 16.4 Å². The number of urea groups is 1. The van der Waals surface area contributed by atoms with Crippen LogP contribution in [0.4, 0.5) is 16.2 Å². The molecule has 3 amide bonds. The fourth-order valence-corrected chi connectivity index (χ4v) is 3.31. The molecule has 144 valence electrons. The molecule has 1 aliphatic heterocycles. The van der Waals surface area contributed by atoms with Gasteiger partial charge in [0.1, 0.15) is 0 Å². The van der Waals surface area contributed by atoms with Gasteiger partial charge in [-0.1, -0.05) is 24.6 Å². The summed E-state index contributed by atoms with van der Waals surface area (Å²) in [7, 11) is 0. The van der Waals surface area contributed by atoms with Gasteiger partial charge in [-0.25, -0.2) is 4.79 Å². The van der Waals surface area contributed by atoms with Gasteiger partial charge in [-0.2, -0.15) is 0 Å². The number of hydrogen-bond donors (Lipinski definition) is 3. The number of benzene rings is 2. The van der Waals surface area contributed by atoms with E-state index in [1.165, 1.54) is 0 Å². The van der Waals surface area contributed by atoms with Crippen LogP contribution in [0, 0.1) is 0 Å². The number of nitrogens with one attached hydrogen (secondary N) is 2. The number of primary amides is 1. The third kappa shape index (κ3) is 4.91. The maximum Gasteiger partial charge on any atom is 0.323 e. The zero-order chi connectivity index (χ0) is 18.7. The molecule has 2 aromatic rings. The Morgan fingerprint density at radius 3 is 2.48 bits per heavy atom. The molecule has 0 aliphatic carbocycles. The van der Waals surface area contributed by atoms with Gasteiger partial charge >= 0.3 is 6.03 Å². The Morgan fingerprint density at radius 1 is 1.15 bits per heavy atom. The minimum absolute atomic E-state index is 0.